The third-order valence-electron chi connectivity index (χ3n) is 3.89. The Morgan fingerprint density at radius 1 is 1.04 bits per heavy atom. The Kier molecular flexibility index (Phi) is 11.0. The number of rotatable bonds is 14. The first-order valence-corrected chi connectivity index (χ1v) is 8.64. The lowest BCUT2D eigenvalue weighted by Crippen LogP contribution is -2.44. The summed E-state index contributed by atoms with van der Waals surface area (Å²) in [5.74, 6) is -2.98. The molecule has 0 fully saturated rings. The zero-order chi connectivity index (χ0) is 18.6. The van der Waals surface area contributed by atoms with Gasteiger partial charge in [0.25, 0.3) is 0 Å². The van der Waals surface area contributed by atoms with Crippen LogP contribution in [0.5, 0.6) is 0 Å². The lowest BCUT2D eigenvalue weighted by molar-refractivity contribution is -0.143. The first kappa shape index (κ1) is 22.4. The van der Waals surface area contributed by atoms with Gasteiger partial charge in [0.15, 0.2) is 0 Å². The molecule has 0 aliphatic rings. The molecule has 7 nitrogen and oxygen atoms in total. The maximum atomic E-state index is 11.9. The van der Waals surface area contributed by atoms with E-state index in [1.54, 1.807) is 6.92 Å². The molecule has 2 atom stereocenters. The number of carboxylic acid groups (broad SMARTS) is 2. The third-order valence-corrected chi connectivity index (χ3v) is 3.89. The van der Waals surface area contributed by atoms with Crippen LogP contribution in [-0.2, 0) is 14.4 Å². The summed E-state index contributed by atoms with van der Waals surface area (Å²) in [5, 5.41) is 30.1. The highest BCUT2D eigenvalue weighted by Gasteiger charge is 2.27. The maximum absolute atomic E-state index is 11.9. The molecule has 1 amide bonds. The van der Waals surface area contributed by atoms with Crippen LogP contribution in [0.25, 0.3) is 0 Å². The summed E-state index contributed by atoms with van der Waals surface area (Å²) in [4.78, 5) is 33.5. The molecule has 0 saturated heterocycles. The van der Waals surface area contributed by atoms with Crippen molar-refractivity contribution in [3.63, 3.8) is 0 Å². The van der Waals surface area contributed by atoms with E-state index in [1.807, 2.05) is 0 Å². The second-order valence-electron chi connectivity index (χ2n) is 6.58. The molecule has 0 aliphatic heterocycles. The number of aliphatic hydroxyl groups is 1. The van der Waals surface area contributed by atoms with Crippen LogP contribution in [0, 0.1) is 0 Å². The van der Waals surface area contributed by atoms with E-state index in [1.165, 1.54) is 19.3 Å². The topological polar surface area (TPSA) is 124 Å². The van der Waals surface area contributed by atoms with E-state index < -0.39 is 29.5 Å². The van der Waals surface area contributed by atoms with Crippen molar-refractivity contribution in [1.82, 2.24) is 5.32 Å². The van der Waals surface area contributed by atoms with Crippen LogP contribution < -0.4 is 5.32 Å². The van der Waals surface area contributed by atoms with Crippen molar-refractivity contribution in [3.8, 4) is 0 Å². The van der Waals surface area contributed by atoms with Crippen molar-refractivity contribution < 1.29 is 29.7 Å². The molecule has 0 aromatic rings. The normalized spacial score (nSPS) is 14.6. The number of nitrogens with one attached hydrogen (secondary N) is 1. The zero-order valence-corrected chi connectivity index (χ0v) is 14.7. The highest BCUT2D eigenvalue weighted by Crippen LogP contribution is 2.19. The first-order valence-electron chi connectivity index (χ1n) is 8.64. The highest BCUT2D eigenvalue weighted by atomic mass is 16.4. The quantitative estimate of drug-likeness (QED) is 0.358. The Hall–Kier alpha value is -1.63. The fraction of sp³-hybridized carbons (Fsp3) is 0.824. The lowest BCUT2D eigenvalue weighted by Gasteiger charge is -2.24. The van der Waals surface area contributed by atoms with Gasteiger partial charge in [-0.05, 0) is 19.8 Å². The second-order valence-corrected chi connectivity index (χ2v) is 6.58. The molecule has 24 heavy (non-hydrogen) atoms. The Morgan fingerprint density at radius 3 is 2.17 bits per heavy atom. The van der Waals surface area contributed by atoms with E-state index >= 15 is 0 Å². The van der Waals surface area contributed by atoms with E-state index in [0.717, 1.165) is 19.3 Å². The molecule has 7 heteroatoms. The molecular weight excluding hydrogens is 314 g/mol. The van der Waals surface area contributed by atoms with Crippen LogP contribution in [0.4, 0.5) is 0 Å². The van der Waals surface area contributed by atoms with Gasteiger partial charge in [0.1, 0.15) is 6.04 Å². The van der Waals surface area contributed by atoms with Gasteiger partial charge in [0.05, 0.1) is 12.0 Å². The Morgan fingerprint density at radius 2 is 1.62 bits per heavy atom. The monoisotopic (exact) mass is 345 g/mol. The first-order chi connectivity index (χ1) is 11.2. The molecule has 0 aromatic carbocycles. The molecular formula is C17H31NO6. The van der Waals surface area contributed by atoms with E-state index in [2.05, 4.69) is 12.2 Å². The molecule has 140 valence electrons. The number of hydrogen-bond acceptors (Lipinski definition) is 4. The summed E-state index contributed by atoms with van der Waals surface area (Å²) < 4.78 is 0. The van der Waals surface area contributed by atoms with Crippen LogP contribution >= 0.6 is 0 Å². The van der Waals surface area contributed by atoms with Gasteiger partial charge in [-0.1, -0.05) is 45.4 Å². The molecule has 0 heterocycles. The Balaban J connectivity index is 4.19. The van der Waals surface area contributed by atoms with E-state index in [4.69, 9.17) is 10.2 Å². The predicted octanol–water partition coefficient (Wildman–Crippen LogP) is 2.31. The van der Waals surface area contributed by atoms with Gasteiger partial charge in [-0.25, -0.2) is 4.79 Å². The summed E-state index contributed by atoms with van der Waals surface area (Å²) in [6.07, 6.45) is 6.20. The molecule has 2 unspecified atom stereocenters. The number of hydrogen-bond donors (Lipinski definition) is 4. The second kappa shape index (κ2) is 11.8. The van der Waals surface area contributed by atoms with Crippen molar-refractivity contribution in [1.29, 1.82) is 0 Å². The molecule has 0 saturated carbocycles. The van der Waals surface area contributed by atoms with Crippen molar-refractivity contribution in [2.45, 2.75) is 89.7 Å². The van der Waals surface area contributed by atoms with Gasteiger partial charge in [-0.15, -0.1) is 0 Å². The number of carbonyl (C=O) groups is 3. The van der Waals surface area contributed by atoms with Gasteiger partial charge in [-0.3, -0.25) is 9.59 Å². The van der Waals surface area contributed by atoms with Crippen LogP contribution in [-0.4, -0.2) is 44.8 Å². The van der Waals surface area contributed by atoms with Crippen molar-refractivity contribution in [2.24, 2.45) is 0 Å². The molecule has 0 spiro atoms. The summed E-state index contributed by atoms with van der Waals surface area (Å²) in [7, 11) is 0. The SMILES string of the molecule is CCCCCCCCC(C)(O)CC(=O)NC(CCC(=O)O)C(=O)O. The maximum Gasteiger partial charge on any atom is 0.326 e. The van der Waals surface area contributed by atoms with Crippen LogP contribution in [0.1, 0.15) is 78.1 Å². The fourth-order valence-corrected chi connectivity index (χ4v) is 2.49. The number of unbranched alkanes of at least 4 members (excludes halogenated alkanes) is 5. The summed E-state index contributed by atoms with van der Waals surface area (Å²) >= 11 is 0. The highest BCUT2D eigenvalue weighted by molar-refractivity contribution is 5.84. The number of carboxylic acids is 2. The molecule has 0 bridgehead atoms. The molecule has 0 radical (unpaired) electrons. The predicted molar refractivity (Wildman–Crippen MR) is 89.7 cm³/mol. The molecule has 0 rings (SSSR count). The standard InChI is InChI=1S/C17H31NO6/c1-3-4-5-6-7-8-11-17(2,24)12-14(19)18-13(16(22)23)9-10-15(20)21/h13,24H,3-12H2,1-2H3,(H,18,19)(H,20,21)(H,22,23). The van der Waals surface area contributed by atoms with Gasteiger partial charge in [-0.2, -0.15) is 0 Å². The summed E-state index contributed by atoms with van der Waals surface area (Å²) in [6, 6.07) is -1.25. The van der Waals surface area contributed by atoms with Crippen LogP contribution in [0.3, 0.4) is 0 Å². The number of amides is 1. The van der Waals surface area contributed by atoms with Crippen LogP contribution in [0.15, 0.2) is 0 Å². The largest absolute Gasteiger partial charge is 0.481 e. The summed E-state index contributed by atoms with van der Waals surface area (Å²) in [5.41, 5.74) is -1.19. The third kappa shape index (κ3) is 11.9. The zero-order valence-electron chi connectivity index (χ0n) is 14.7. The van der Waals surface area contributed by atoms with Crippen molar-refractivity contribution in [3.05, 3.63) is 0 Å². The van der Waals surface area contributed by atoms with E-state index in [9.17, 15) is 19.5 Å². The van der Waals surface area contributed by atoms with Gasteiger partial charge < -0.3 is 20.6 Å². The molecule has 0 aliphatic carbocycles. The summed E-state index contributed by atoms with van der Waals surface area (Å²) in [6.45, 7) is 3.70. The van der Waals surface area contributed by atoms with Gasteiger partial charge >= 0.3 is 11.9 Å². The average Bonchev–Trinajstić information content (AvgIpc) is 2.46. The molecule has 4 N–H and O–H groups in total. The van der Waals surface area contributed by atoms with Crippen molar-refractivity contribution >= 4 is 17.8 Å². The molecule has 0 aromatic heterocycles. The average molecular weight is 345 g/mol. The Labute approximate surface area is 143 Å². The minimum absolute atomic E-state index is 0.185. The smallest absolute Gasteiger partial charge is 0.326 e. The number of aliphatic carboxylic acids is 2. The van der Waals surface area contributed by atoms with Gasteiger partial charge in [0, 0.05) is 6.42 Å². The lowest BCUT2D eigenvalue weighted by atomic mass is 9.93. The van der Waals surface area contributed by atoms with E-state index in [0.29, 0.717) is 6.42 Å². The van der Waals surface area contributed by atoms with Gasteiger partial charge in [0.2, 0.25) is 5.91 Å². The minimum Gasteiger partial charge on any atom is -0.481 e. The fourth-order valence-electron chi connectivity index (χ4n) is 2.49. The minimum atomic E-state index is -1.28. The van der Waals surface area contributed by atoms with Crippen LogP contribution in [0.2, 0.25) is 0 Å². The van der Waals surface area contributed by atoms with E-state index in [-0.39, 0.29) is 19.3 Å². The number of carbonyl (C=O) groups excluding carboxylic acids is 1. The van der Waals surface area contributed by atoms with Crippen molar-refractivity contribution in [2.75, 3.05) is 0 Å². The Bertz CT molecular complexity index is 408.